The van der Waals surface area contributed by atoms with Crippen LogP contribution in [0.3, 0.4) is 0 Å². The number of para-hydroxylation sites is 1. The van der Waals surface area contributed by atoms with Crippen molar-refractivity contribution in [3.05, 3.63) is 83.3 Å². The third-order valence-corrected chi connectivity index (χ3v) is 6.77. The van der Waals surface area contributed by atoms with E-state index >= 15 is 0 Å². The maximum absolute atomic E-state index is 12.6. The summed E-state index contributed by atoms with van der Waals surface area (Å²) in [5.41, 5.74) is 2.74. The van der Waals surface area contributed by atoms with Crippen LogP contribution in [0, 0.1) is 0 Å². The average Bonchev–Trinajstić information content (AvgIpc) is 3.35. The Morgan fingerprint density at radius 3 is 2.20 bits per heavy atom. The number of benzene rings is 2. The number of esters is 1. The predicted octanol–water partition coefficient (Wildman–Crippen LogP) is 4.80. The largest absolute Gasteiger partial charge is 0.468 e. The van der Waals surface area contributed by atoms with Gasteiger partial charge in [0, 0.05) is 5.69 Å². The van der Waals surface area contributed by atoms with E-state index in [0.29, 0.717) is 5.76 Å². The first-order valence-corrected chi connectivity index (χ1v) is 12.8. The van der Waals surface area contributed by atoms with Gasteiger partial charge < -0.3 is 14.5 Å². The van der Waals surface area contributed by atoms with Crippen molar-refractivity contribution in [1.29, 1.82) is 0 Å². The quantitative estimate of drug-likeness (QED) is 0.388. The van der Waals surface area contributed by atoms with Crippen LogP contribution in [0.25, 0.3) is 0 Å². The molecule has 0 radical (unpaired) electrons. The third-order valence-electron chi connectivity index (χ3n) is 5.37. The normalized spacial score (nSPS) is 11.6. The first kappa shape index (κ1) is 26.2. The molecule has 0 fully saturated rings. The molecule has 1 amide bonds. The number of sulfonamides is 1. The van der Waals surface area contributed by atoms with Crippen molar-refractivity contribution in [2.45, 2.75) is 51.0 Å². The average molecular weight is 499 g/mol. The second-order valence-electron chi connectivity index (χ2n) is 8.68. The Kier molecular flexibility index (Phi) is 8.48. The molecule has 1 heterocycles. The SMILES string of the molecule is CC(C)c1cccc(C(C)C)c1NC(=O)COC(=O)c1cccc(S(=O)(=O)NCc2ccco2)c1. The summed E-state index contributed by atoms with van der Waals surface area (Å²) >= 11 is 0. The van der Waals surface area contributed by atoms with Crippen LogP contribution < -0.4 is 10.0 Å². The smallest absolute Gasteiger partial charge is 0.338 e. The van der Waals surface area contributed by atoms with Gasteiger partial charge in [0.15, 0.2) is 6.61 Å². The van der Waals surface area contributed by atoms with E-state index in [1.807, 2.05) is 45.9 Å². The summed E-state index contributed by atoms with van der Waals surface area (Å²) in [6.07, 6.45) is 1.45. The number of rotatable bonds is 10. The fraction of sp³-hybridized carbons (Fsp3) is 0.308. The van der Waals surface area contributed by atoms with Crippen LogP contribution in [0.15, 0.2) is 70.2 Å². The summed E-state index contributed by atoms with van der Waals surface area (Å²) in [6, 6.07) is 14.6. The fourth-order valence-corrected chi connectivity index (χ4v) is 4.58. The number of carbonyl (C=O) groups excluding carboxylic acids is 2. The summed E-state index contributed by atoms with van der Waals surface area (Å²) < 4.78 is 37.9. The summed E-state index contributed by atoms with van der Waals surface area (Å²) in [5, 5.41) is 2.88. The molecule has 0 atom stereocenters. The van der Waals surface area contributed by atoms with Gasteiger partial charge in [-0.1, -0.05) is 52.0 Å². The summed E-state index contributed by atoms with van der Waals surface area (Å²) in [7, 11) is -3.89. The van der Waals surface area contributed by atoms with Crippen LogP contribution in [0.4, 0.5) is 5.69 Å². The fourth-order valence-electron chi connectivity index (χ4n) is 3.54. The van der Waals surface area contributed by atoms with Gasteiger partial charge in [0.05, 0.1) is 23.3 Å². The number of furan rings is 1. The summed E-state index contributed by atoms with van der Waals surface area (Å²) in [4.78, 5) is 25.1. The molecule has 9 heteroatoms. The molecule has 0 aliphatic rings. The van der Waals surface area contributed by atoms with Crippen molar-refractivity contribution < 1.29 is 27.2 Å². The van der Waals surface area contributed by atoms with Crippen molar-refractivity contribution in [1.82, 2.24) is 4.72 Å². The lowest BCUT2D eigenvalue weighted by atomic mass is 9.92. The molecule has 35 heavy (non-hydrogen) atoms. The zero-order valence-electron chi connectivity index (χ0n) is 20.2. The second-order valence-corrected chi connectivity index (χ2v) is 10.4. The Labute approximate surface area is 205 Å². The van der Waals surface area contributed by atoms with Crippen LogP contribution >= 0.6 is 0 Å². The van der Waals surface area contributed by atoms with Crippen LogP contribution in [-0.2, 0) is 26.1 Å². The van der Waals surface area contributed by atoms with E-state index in [-0.39, 0.29) is 28.8 Å². The molecule has 1 aromatic heterocycles. The molecular formula is C26H30N2O6S. The van der Waals surface area contributed by atoms with Gasteiger partial charge in [-0.05, 0) is 53.3 Å². The number of hydrogen-bond acceptors (Lipinski definition) is 6. The Balaban J connectivity index is 1.66. The molecule has 2 N–H and O–H groups in total. The van der Waals surface area contributed by atoms with Gasteiger partial charge in [0.25, 0.3) is 5.91 Å². The van der Waals surface area contributed by atoms with Gasteiger partial charge in [0.1, 0.15) is 5.76 Å². The van der Waals surface area contributed by atoms with Crippen LogP contribution in [0.1, 0.15) is 66.8 Å². The molecule has 0 aliphatic heterocycles. The lowest BCUT2D eigenvalue weighted by Crippen LogP contribution is -2.24. The molecular weight excluding hydrogens is 468 g/mol. The van der Waals surface area contributed by atoms with E-state index in [4.69, 9.17) is 9.15 Å². The monoisotopic (exact) mass is 498 g/mol. The van der Waals surface area contributed by atoms with Crippen molar-refractivity contribution in [2.75, 3.05) is 11.9 Å². The second kappa shape index (κ2) is 11.3. The van der Waals surface area contributed by atoms with E-state index in [1.54, 1.807) is 12.1 Å². The highest BCUT2D eigenvalue weighted by molar-refractivity contribution is 7.89. The maximum atomic E-state index is 12.6. The highest BCUT2D eigenvalue weighted by Gasteiger charge is 2.19. The van der Waals surface area contributed by atoms with E-state index in [9.17, 15) is 18.0 Å². The molecule has 0 saturated carbocycles. The van der Waals surface area contributed by atoms with E-state index in [2.05, 4.69) is 10.0 Å². The summed E-state index contributed by atoms with van der Waals surface area (Å²) in [5.74, 6) is -0.438. The number of carbonyl (C=O) groups is 2. The van der Waals surface area contributed by atoms with Gasteiger partial charge in [-0.3, -0.25) is 4.79 Å². The molecule has 0 aliphatic carbocycles. The van der Waals surface area contributed by atoms with E-state index in [0.717, 1.165) is 16.8 Å². The number of nitrogens with one attached hydrogen (secondary N) is 2. The highest BCUT2D eigenvalue weighted by atomic mass is 32.2. The van der Waals surface area contributed by atoms with Crippen LogP contribution in [-0.4, -0.2) is 26.9 Å². The minimum absolute atomic E-state index is 0.0177. The molecule has 0 bridgehead atoms. The Morgan fingerprint density at radius 1 is 0.943 bits per heavy atom. The van der Waals surface area contributed by atoms with Gasteiger partial charge in [-0.15, -0.1) is 0 Å². The molecule has 8 nitrogen and oxygen atoms in total. The number of hydrogen-bond donors (Lipinski definition) is 2. The maximum Gasteiger partial charge on any atom is 0.338 e. The zero-order valence-corrected chi connectivity index (χ0v) is 21.0. The minimum atomic E-state index is -3.89. The Hall–Kier alpha value is -3.43. The first-order chi connectivity index (χ1) is 16.6. The summed E-state index contributed by atoms with van der Waals surface area (Å²) in [6.45, 7) is 7.63. The van der Waals surface area contributed by atoms with Crippen molar-refractivity contribution in [3.63, 3.8) is 0 Å². The molecule has 186 valence electrons. The lowest BCUT2D eigenvalue weighted by Gasteiger charge is -2.20. The van der Waals surface area contributed by atoms with E-state index in [1.165, 1.54) is 30.5 Å². The molecule has 0 saturated heterocycles. The number of ether oxygens (including phenoxy) is 1. The van der Waals surface area contributed by atoms with Gasteiger partial charge >= 0.3 is 5.97 Å². The van der Waals surface area contributed by atoms with Gasteiger partial charge in [0.2, 0.25) is 10.0 Å². The topological polar surface area (TPSA) is 115 Å². The van der Waals surface area contributed by atoms with Crippen molar-refractivity contribution >= 4 is 27.6 Å². The Bertz CT molecular complexity index is 1250. The predicted molar refractivity (Wildman–Crippen MR) is 133 cm³/mol. The molecule has 3 rings (SSSR count). The first-order valence-electron chi connectivity index (χ1n) is 11.3. The molecule has 2 aromatic carbocycles. The lowest BCUT2D eigenvalue weighted by molar-refractivity contribution is -0.119. The number of amides is 1. The van der Waals surface area contributed by atoms with Crippen molar-refractivity contribution in [2.24, 2.45) is 0 Å². The minimum Gasteiger partial charge on any atom is -0.468 e. The zero-order chi connectivity index (χ0) is 25.6. The third kappa shape index (κ3) is 6.80. The standard InChI is InChI=1S/C26H30N2O6S/c1-17(2)22-11-6-12-23(18(3)4)25(22)28-24(29)16-34-26(30)19-8-5-10-21(14-19)35(31,32)27-15-20-9-7-13-33-20/h5-14,17-18,27H,15-16H2,1-4H3,(H,28,29). The molecule has 3 aromatic rings. The highest BCUT2D eigenvalue weighted by Crippen LogP contribution is 2.32. The van der Waals surface area contributed by atoms with Crippen molar-refractivity contribution in [3.8, 4) is 0 Å². The molecule has 0 unspecified atom stereocenters. The van der Waals surface area contributed by atoms with Gasteiger partial charge in [-0.25, -0.2) is 17.9 Å². The molecule has 0 spiro atoms. The Morgan fingerprint density at radius 2 is 1.60 bits per heavy atom. The number of anilines is 1. The van der Waals surface area contributed by atoms with Crippen LogP contribution in [0.5, 0.6) is 0 Å². The van der Waals surface area contributed by atoms with E-state index < -0.39 is 28.5 Å². The van der Waals surface area contributed by atoms with Crippen LogP contribution in [0.2, 0.25) is 0 Å². The van der Waals surface area contributed by atoms with Gasteiger partial charge in [-0.2, -0.15) is 0 Å².